The fourth-order valence-corrected chi connectivity index (χ4v) is 4.71. The topological polar surface area (TPSA) is 77.1 Å². The van der Waals surface area contributed by atoms with Crippen LogP contribution in [0.1, 0.15) is 31.6 Å². The first kappa shape index (κ1) is 18.5. The molecule has 0 spiro atoms. The highest BCUT2D eigenvalue weighted by Gasteiger charge is 2.26. The van der Waals surface area contributed by atoms with Gasteiger partial charge in [-0.2, -0.15) is 0 Å². The first-order valence-corrected chi connectivity index (χ1v) is 10.4. The maximum Gasteiger partial charge on any atom is 0.278 e. The van der Waals surface area contributed by atoms with Crippen molar-refractivity contribution in [3.8, 4) is 0 Å². The lowest BCUT2D eigenvalue weighted by molar-refractivity contribution is -0.383. The van der Waals surface area contributed by atoms with Crippen molar-refractivity contribution in [3.63, 3.8) is 0 Å². The highest BCUT2D eigenvalue weighted by atomic mass is 16.6. The number of pyridine rings is 1. The molecule has 7 nitrogen and oxygen atoms in total. The van der Waals surface area contributed by atoms with Crippen LogP contribution >= 0.6 is 0 Å². The molecule has 0 radical (unpaired) electrons. The summed E-state index contributed by atoms with van der Waals surface area (Å²) in [6.45, 7) is 3.95. The van der Waals surface area contributed by atoms with E-state index in [1.165, 1.54) is 5.52 Å². The summed E-state index contributed by atoms with van der Waals surface area (Å²) < 4.78 is 2.42. The van der Waals surface area contributed by atoms with E-state index in [4.69, 9.17) is 4.98 Å². The van der Waals surface area contributed by atoms with Gasteiger partial charge in [0, 0.05) is 55.1 Å². The Hall–Kier alpha value is -3.48. The minimum atomic E-state index is -0.337. The second-order valence-corrected chi connectivity index (χ2v) is 7.74. The Morgan fingerprint density at radius 1 is 1.10 bits per heavy atom. The second kappa shape index (κ2) is 7.40. The first-order valence-electron chi connectivity index (χ1n) is 10.4. The molecule has 4 aromatic rings. The molecule has 2 aromatic heterocycles. The number of rotatable bonds is 4. The number of imidazole rings is 1. The molecule has 0 N–H and O–H groups in total. The number of piperidine rings is 1. The Balaban J connectivity index is 1.45. The fraction of sp³-hybridized carbons (Fsp3) is 0.304. The normalized spacial score (nSPS) is 15.2. The zero-order chi connectivity index (χ0) is 20.7. The van der Waals surface area contributed by atoms with E-state index in [0.717, 1.165) is 54.8 Å². The molecule has 0 atom stereocenters. The van der Waals surface area contributed by atoms with Gasteiger partial charge in [-0.3, -0.25) is 15.1 Å². The number of nitro groups is 1. The van der Waals surface area contributed by atoms with Crippen LogP contribution in [0.25, 0.3) is 21.8 Å². The predicted molar refractivity (Wildman–Crippen MR) is 118 cm³/mol. The van der Waals surface area contributed by atoms with E-state index in [0.29, 0.717) is 11.4 Å². The number of non-ortho nitro benzene ring substituents is 1. The van der Waals surface area contributed by atoms with Crippen LogP contribution < -0.4 is 4.90 Å². The van der Waals surface area contributed by atoms with Gasteiger partial charge in [0.05, 0.1) is 21.3 Å². The lowest BCUT2D eigenvalue weighted by Gasteiger charge is -2.35. The fourth-order valence-electron chi connectivity index (χ4n) is 4.71. The van der Waals surface area contributed by atoms with Crippen molar-refractivity contribution in [2.45, 2.75) is 32.2 Å². The van der Waals surface area contributed by atoms with E-state index < -0.39 is 0 Å². The SMILES string of the molecule is CCc1nc2ccccc2n1C1CCN(c2ccc([N+](=O)[O-])c3cnccc23)CC1. The minimum Gasteiger partial charge on any atom is -0.371 e. The van der Waals surface area contributed by atoms with Gasteiger partial charge < -0.3 is 9.47 Å². The Morgan fingerprint density at radius 2 is 1.90 bits per heavy atom. The van der Waals surface area contributed by atoms with Gasteiger partial charge in [-0.1, -0.05) is 19.1 Å². The van der Waals surface area contributed by atoms with Crippen molar-refractivity contribution in [1.29, 1.82) is 0 Å². The summed E-state index contributed by atoms with van der Waals surface area (Å²) in [4.78, 5) is 22.3. The summed E-state index contributed by atoms with van der Waals surface area (Å²) >= 11 is 0. The molecule has 30 heavy (non-hydrogen) atoms. The monoisotopic (exact) mass is 401 g/mol. The largest absolute Gasteiger partial charge is 0.371 e. The zero-order valence-electron chi connectivity index (χ0n) is 16.9. The molecule has 7 heteroatoms. The molecule has 1 saturated heterocycles. The van der Waals surface area contributed by atoms with E-state index in [2.05, 4.69) is 39.6 Å². The van der Waals surface area contributed by atoms with Crippen LogP contribution in [0.5, 0.6) is 0 Å². The smallest absolute Gasteiger partial charge is 0.278 e. The van der Waals surface area contributed by atoms with Crippen LogP contribution in [0.15, 0.2) is 54.9 Å². The molecule has 3 heterocycles. The van der Waals surface area contributed by atoms with Crippen molar-refractivity contribution in [2.24, 2.45) is 0 Å². The van der Waals surface area contributed by atoms with Gasteiger partial charge in [0.25, 0.3) is 5.69 Å². The van der Waals surface area contributed by atoms with Crippen LogP contribution in [0.2, 0.25) is 0 Å². The predicted octanol–water partition coefficient (Wildman–Crippen LogP) is 4.90. The van der Waals surface area contributed by atoms with E-state index >= 15 is 0 Å². The number of fused-ring (bicyclic) bond motifs is 2. The summed E-state index contributed by atoms with van der Waals surface area (Å²) in [6.07, 6.45) is 6.23. The molecule has 0 unspecified atom stereocenters. The van der Waals surface area contributed by atoms with E-state index in [1.807, 2.05) is 18.2 Å². The lowest BCUT2D eigenvalue weighted by Crippen LogP contribution is -2.35. The average molecular weight is 401 g/mol. The van der Waals surface area contributed by atoms with Gasteiger partial charge in [0.2, 0.25) is 0 Å². The van der Waals surface area contributed by atoms with Crippen LogP contribution in [0, 0.1) is 10.1 Å². The number of para-hydroxylation sites is 2. The summed E-state index contributed by atoms with van der Waals surface area (Å²) in [7, 11) is 0. The average Bonchev–Trinajstić information content (AvgIpc) is 3.17. The standard InChI is InChI=1S/C23H23N5O2/c1-2-23-25-19-5-3-4-6-22(19)27(23)16-10-13-26(14-11-16)20-7-8-21(28(29)30)18-15-24-12-9-17(18)20/h3-9,12,15-16H,2,10-11,13-14H2,1H3. The second-order valence-electron chi connectivity index (χ2n) is 7.74. The van der Waals surface area contributed by atoms with Gasteiger partial charge in [-0.25, -0.2) is 4.98 Å². The number of anilines is 1. The number of nitrogens with zero attached hydrogens (tertiary/aromatic N) is 5. The van der Waals surface area contributed by atoms with Crippen molar-refractivity contribution >= 4 is 33.2 Å². The van der Waals surface area contributed by atoms with Crippen LogP contribution in [-0.2, 0) is 6.42 Å². The number of hydrogen-bond acceptors (Lipinski definition) is 5. The van der Waals surface area contributed by atoms with E-state index in [-0.39, 0.29) is 10.6 Å². The summed E-state index contributed by atoms with van der Waals surface area (Å²) in [5, 5.41) is 12.9. The van der Waals surface area contributed by atoms with E-state index in [1.54, 1.807) is 18.5 Å². The molecular weight excluding hydrogens is 378 g/mol. The van der Waals surface area contributed by atoms with Crippen molar-refractivity contribution < 1.29 is 4.92 Å². The van der Waals surface area contributed by atoms with Gasteiger partial charge in [-0.05, 0) is 37.1 Å². The third-order valence-electron chi connectivity index (χ3n) is 6.12. The maximum absolute atomic E-state index is 11.4. The van der Waals surface area contributed by atoms with Crippen LogP contribution in [-0.4, -0.2) is 32.5 Å². The lowest BCUT2D eigenvalue weighted by atomic mass is 10.0. The number of hydrogen-bond donors (Lipinski definition) is 0. The van der Waals surface area contributed by atoms with E-state index in [9.17, 15) is 10.1 Å². The Morgan fingerprint density at radius 3 is 2.67 bits per heavy atom. The van der Waals surface area contributed by atoms with Gasteiger partial charge in [0.1, 0.15) is 5.82 Å². The molecule has 152 valence electrons. The summed E-state index contributed by atoms with van der Waals surface area (Å²) in [5.74, 6) is 1.14. The van der Waals surface area contributed by atoms with Crippen molar-refractivity contribution in [3.05, 3.63) is 70.8 Å². The third-order valence-corrected chi connectivity index (χ3v) is 6.12. The Labute approximate surface area is 174 Å². The molecular formula is C23H23N5O2. The quantitative estimate of drug-likeness (QED) is 0.359. The number of nitro benzene ring substituents is 1. The van der Waals surface area contributed by atoms with Gasteiger partial charge in [0.15, 0.2) is 0 Å². The molecule has 5 rings (SSSR count). The molecule has 0 aliphatic carbocycles. The van der Waals surface area contributed by atoms with Crippen molar-refractivity contribution in [2.75, 3.05) is 18.0 Å². The minimum absolute atomic E-state index is 0.106. The zero-order valence-corrected chi connectivity index (χ0v) is 16.9. The van der Waals surface area contributed by atoms with Crippen molar-refractivity contribution in [1.82, 2.24) is 14.5 Å². The molecule has 0 bridgehead atoms. The Kier molecular flexibility index (Phi) is 4.58. The number of benzene rings is 2. The highest BCUT2D eigenvalue weighted by Crippen LogP contribution is 2.36. The van der Waals surface area contributed by atoms with Gasteiger partial charge >= 0.3 is 0 Å². The molecule has 2 aromatic carbocycles. The molecule has 1 fully saturated rings. The molecule has 1 aliphatic rings. The third kappa shape index (κ3) is 2.98. The molecule has 0 amide bonds. The highest BCUT2D eigenvalue weighted by molar-refractivity contribution is 5.99. The summed E-state index contributed by atoms with van der Waals surface area (Å²) in [5.41, 5.74) is 3.42. The maximum atomic E-state index is 11.4. The number of aromatic nitrogens is 3. The number of aryl methyl sites for hydroxylation is 1. The van der Waals surface area contributed by atoms with Gasteiger partial charge in [-0.15, -0.1) is 0 Å². The molecule has 1 aliphatic heterocycles. The summed E-state index contributed by atoms with van der Waals surface area (Å²) in [6, 6.07) is 14.1. The first-order chi connectivity index (χ1) is 14.7. The van der Waals surface area contributed by atoms with Crippen LogP contribution in [0.4, 0.5) is 11.4 Å². The molecule has 0 saturated carbocycles. The Bertz CT molecular complexity index is 1240. The van der Waals surface area contributed by atoms with Crippen LogP contribution in [0.3, 0.4) is 0 Å².